The predicted molar refractivity (Wildman–Crippen MR) is 131 cm³/mol. The average molecular weight is 535 g/mol. The Bertz CT molecular complexity index is 792. The largest absolute Gasteiger partial charge is 0.354 e. The van der Waals surface area contributed by atoms with Gasteiger partial charge in [0.15, 0.2) is 5.96 Å². The number of rotatable bonds is 7. The van der Waals surface area contributed by atoms with Crippen LogP contribution in [0.4, 0.5) is 0 Å². The fourth-order valence-corrected chi connectivity index (χ4v) is 4.55. The molecule has 3 rings (SSSR count). The normalized spacial score (nSPS) is 23.3. The molecule has 8 heteroatoms. The lowest BCUT2D eigenvalue weighted by Gasteiger charge is -2.33. The minimum atomic E-state index is -2.89. The third-order valence-electron chi connectivity index (χ3n) is 5.72. The van der Waals surface area contributed by atoms with Crippen molar-refractivity contribution in [1.82, 2.24) is 15.5 Å². The molecule has 0 spiro atoms. The number of hydrogen-bond acceptors (Lipinski definition) is 4. The van der Waals surface area contributed by atoms with Gasteiger partial charge in [0.2, 0.25) is 0 Å². The molecule has 1 saturated heterocycles. The predicted octanol–water partition coefficient (Wildman–Crippen LogP) is 2.53. The van der Waals surface area contributed by atoms with Crippen LogP contribution in [0.25, 0.3) is 0 Å². The first-order valence-electron chi connectivity index (χ1n) is 10.4. The highest BCUT2D eigenvalue weighted by atomic mass is 127. The first-order valence-corrected chi connectivity index (χ1v) is 12.4. The molecular weight excluding hydrogens is 499 g/mol. The molecule has 1 aromatic carbocycles. The van der Waals surface area contributed by atoms with Crippen LogP contribution in [0.15, 0.2) is 29.3 Å². The van der Waals surface area contributed by atoms with Crippen molar-refractivity contribution in [2.24, 2.45) is 4.99 Å². The van der Waals surface area contributed by atoms with Crippen molar-refractivity contribution in [3.05, 3.63) is 35.4 Å². The Balaban J connectivity index is 0.00000300. The molecule has 2 unspecified atom stereocenters. The number of guanidine groups is 1. The molecule has 1 aliphatic carbocycles. The summed E-state index contributed by atoms with van der Waals surface area (Å²) in [5.41, 5.74) is 2.80. The SMILES string of the molecule is CCN=C(NC1CCN(CCS(C)(=O)=O)CC1)NC1CC1c1ccccc1C.I. The minimum Gasteiger partial charge on any atom is -0.354 e. The molecule has 2 N–H and O–H groups in total. The molecule has 0 radical (unpaired) electrons. The Labute approximate surface area is 192 Å². The number of benzene rings is 1. The van der Waals surface area contributed by atoms with Crippen molar-refractivity contribution in [3.8, 4) is 0 Å². The minimum absolute atomic E-state index is 0. The van der Waals surface area contributed by atoms with Crippen molar-refractivity contribution >= 4 is 39.8 Å². The first kappa shape index (κ1) is 24.4. The number of likely N-dealkylation sites (tertiary alicyclic amines) is 1. The van der Waals surface area contributed by atoms with Crippen LogP contribution in [0.5, 0.6) is 0 Å². The molecule has 2 aliphatic rings. The highest BCUT2D eigenvalue weighted by molar-refractivity contribution is 14.0. The van der Waals surface area contributed by atoms with Gasteiger partial charge in [-0.1, -0.05) is 24.3 Å². The second-order valence-electron chi connectivity index (χ2n) is 8.16. The second kappa shape index (κ2) is 10.9. The van der Waals surface area contributed by atoms with E-state index in [4.69, 9.17) is 0 Å². The van der Waals surface area contributed by atoms with Gasteiger partial charge >= 0.3 is 0 Å². The zero-order valence-electron chi connectivity index (χ0n) is 17.7. The lowest BCUT2D eigenvalue weighted by Crippen LogP contribution is -2.49. The summed E-state index contributed by atoms with van der Waals surface area (Å²) in [6.07, 6.45) is 4.49. The number of sulfone groups is 1. The summed E-state index contributed by atoms with van der Waals surface area (Å²) < 4.78 is 22.7. The number of halogens is 1. The highest BCUT2D eigenvalue weighted by Crippen LogP contribution is 2.42. The number of piperidine rings is 1. The Morgan fingerprint density at radius 1 is 1.21 bits per heavy atom. The van der Waals surface area contributed by atoms with Gasteiger partial charge in [0.05, 0.1) is 5.75 Å². The average Bonchev–Trinajstić information content (AvgIpc) is 3.40. The number of nitrogens with one attached hydrogen (secondary N) is 2. The number of nitrogens with zero attached hydrogens (tertiary/aromatic N) is 2. The third kappa shape index (κ3) is 7.71. The molecular formula is C21H35IN4O2S. The molecule has 2 fully saturated rings. The van der Waals surface area contributed by atoms with Crippen LogP contribution in [-0.4, -0.2) is 69.5 Å². The van der Waals surface area contributed by atoms with Gasteiger partial charge in [-0.15, -0.1) is 24.0 Å². The molecule has 164 valence electrons. The van der Waals surface area contributed by atoms with Crippen molar-refractivity contribution in [2.75, 3.05) is 38.2 Å². The number of aliphatic imine (C=N–C) groups is 1. The van der Waals surface area contributed by atoms with Gasteiger partial charge in [-0.05, 0) is 44.2 Å². The van der Waals surface area contributed by atoms with Crippen LogP contribution in [0.3, 0.4) is 0 Å². The standard InChI is InChI=1S/C21H34N4O2S.HI/c1-4-22-21(24-20-15-19(20)18-8-6-5-7-16(18)2)23-17-9-11-25(12-10-17)13-14-28(3,26)27;/h5-8,17,19-20H,4,9-15H2,1-3H3,(H2,22,23,24);1H. The van der Waals surface area contributed by atoms with Crippen molar-refractivity contribution in [3.63, 3.8) is 0 Å². The molecule has 1 saturated carbocycles. The van der Waals surface area contributed by atoms with Gasteiger partial charge in [-0.2, -0.15) is 0 Å². The number of hydrogen-bond donors (Lipinski definition) is 2. The molecule has 0 amide bonds. The Kier molecular flexibility index (Phi) is 9.21. The maximum atomic E-state index is 11.4. The number of aryl methyl sites for hydroxylation is 1. The molecule has 0 aromatic heterocycles. The van der Waals surface area contributed by atoms with Crippen LogP contribution in [-0.2, 0) is 9.84 Å². The van der Waals surface area contributed by atoms with E-state index in [2.05, 4.69) is 58.6 Å². The van der Waals surface area contributed by atoms with Gasteiger partial charge in [-0.25, -0.2) is 8.42 Å². The second-order valence-corrected chi connectivity index (χ2v) is 10.4. The van der Waals surface area contributed by atoms with E-state index in [-0.39, 0.29) is 29.7 Å². The van der Waals surface area contributed by atoms with Gasteiger partial charge < -0.3 is 15.5 Å². The van der Waals surface area contributed by atoms with Crippen molar-refractivity contribution in [2.45, 2.75) is 51.1 Å². The molecule has 6 nitrogen and oxygen atoms in total. The van der Waals surface area contributed by atoms with Crippen LogP contribution >= 0.6 is 24.0 Å². The van der Waals surface area contributed by atoms with Crippen LogP contribution in [0.2, 0.25) is 0 Å². The summed E-state index contributed by atoms with van der Waals surface area (Å²) in [4.78, 5) is 6.89. The van der Waals surface area contributed by atoms with Gasteiger partial charge in [0.1, 0.15) is 9.84 Å². The van der Waals surface area contributed by atoms with E-state index in [1.807, 2.05) is 0 Å². The lowest BCUT2D eigenvalue weighted by atomic mass is 10.0. The summed E-state index contributed by atoms with van der Waals surface area (Å²) in [5.74, 6) is 1.73. The molecule has 29 heavy (non-hydrogen) atoms. The van der Waals surface area contributed by atoms with E-state index in [0.29, 0.717) is 24.5 Å². The quantitative estimate of drug-likeness (QED) is 0.320. The van der Waals surface area contributed by atoms with Crippen LogP contribution in [0.1, 0.15) is 43.2 Å². The van der Waals surface area contributed by atoms with Gasteiger partial charge in [-0.3, -0.25) is 4.99 Å². The fourth-order valence-electron chi connectivity index (χ4n) is 3.96. The summed E-state index contributed by atoms with van der Waals surface area (Å²) in [6.45, 7) is 7.50. The summed E-state index contributed by atoms with van der Waals surface area (Å²) in [6, 6.07) is 9.47. The van der Waals surface area contributed by atoms with E-state index in [9.17, 15) is 8.42 Å². The summed E-state index contributed by atoms with van der Waals surface area (Å²) in [7, 11) is -2.89. The van der Waals surface area contributed by atoms with Crippen LogP contribution < -0.4 is 10.6 Å². The smallest absolute Gasteiger partial charge is 0.191 e. The van der Waals surface area contributed by atoms with E-state index in [0.717, 1.165) is 44.9 Å². The zero-order chi connectivity index (χ0) is 20.1. The molecule has 1 aromatic rings. The van der Waals surface area contributed by atoms with Gasteiger partial charge in [0.25, 0.3) is 0 Å². The highest BCUT2D eigenvalue weighted by Gasteiger charge is 2.40. The van der Waals surface area contributed by atoms with E-state index >= 15 is 0 Å². The molecule has 1 aliphatic heterocycles. The third-order valence-corrected chi connectivity index (χ3v) is 6.65. The lowest BCUT2D eigenvalue weighted by molar-refractivity contribution is 0.216. The van der Waals surface area contributed by atoms with Gasteiger partial charge in [0, 0.05) is 50.4 Å². The molecule has 2 atom stereocenters. The summed E-state index contributed by atoms with van der Waals surface area (Å²) >= 11 is 0. The maximum absolute atomic E-state index is 11.4. The van der Waals surface area contributed by atoms with Crippen molar-refractivity contribution in [1.29, 1.82) is 0 Å². The maximum Gasteiger partial charge on any atom is 0.191 e. The molecule has 1 heterocycles. The van der Waals surface area contributed by atoms with E-state index in [1.54, 1.807) is 0 Å². The Morgan fingerprint density at radius 3 is 2.52 bits per heavy atom. The van der Waals surface area contributed by atoms with E-state index in [1.165, 1.54) is 17.4 Å². The van der Waals surface area contributed by atoms with Crippen molar-refractivity contribution < 1.29 is 8.42 Å². The topological polar surface area (TPSA) is 73.8 Å². The Hall–Kier alpha value is -0.870. The monoisotopic (exact) mass is 534 g/mol. The Morgan fingerprint density at radius 2 is 1.90 bits per heavy atom. The first-order chi connectivity index (χ1) is 13.4. The summed E-state index contributed by atoms with van der Waals surface area (Å²) in [5, 5.41) is 7.22. The fraction of sp³-hybridized carbons (Fsp3) is 0.667. The molecule has 0 bridgehead atoms. The van der Waals surface area contributed by atoms with E-state index < -0.39 is 9.84 Å². The van der Waals surface area contributed by atoms with Crippen LogP contribution in [0, 0.1) is 6.92 Å². The zero-order valence-corrected chi connectivity index (χ0v) is 20.9.